The fourth-order valence-electron chi connectivity index (χ4n) is 2.30. The van der Waals surface area contributed by atoms with E-state index in [1.165, 1.54) is 0 Å². The molecule has 0 amide bonds. The second-order valence-electron chi connectivity index (χ2n) is 5.07. The molecule has 1 fully saturated rings. The van der Waals surface area contributed by atoms with Crippen molar-refractivity contribution in [2.75, 3.05) is 0 Å². The Morgan fingerprint density at radius 2 is 2.20 bits per heavy atom. The standard InChI is InChI=1S/C13H16N2O3S2/c1-9-13(10(2)18-14-9)20(16,17)15(12-3-4-12)7-11-5-6-19-8-11/h5-6,8,12H,3-4,7H2,1-2H3. The lowest BCUT2D eigenvalue weighted by atomic mass is 10.3. The van der Waals surface area contributed by atoms with E-state index in [1.54, 1.807) is 29.5 Å². The number of hydrogen-bond donors (Lipinski definition) is 0. The third kappa shape index (κ3) is 2.41. The van der Waals surface area contributed by atoms with E-state index in [0.29, 0.717) is 18.0 Å². The molecular weight excluding hydrogens is 296 g/mol. The predicted molar refractivity (Wildman–Crippen MR) is 76.0 cm³/mol. The first-order chi connectivity index (χ1) is 9.50. The van der Waals surface area contributed by atoms with Crippen LogP contribution in [0.1, 0.15) is 29.9 Å². The Morgan fingerprint density at radius 1 is 1.45 bits per heavy atom. The van der Waals surface area contributed by atoms with Crippen LogP contribution in [0.5, 0.6) is 0 Å². The SMILES string of the molecule is Cc1noc(C)c1S(=O)(=O)N(Cc1ccsc1)C1CC1. The Labute approximate surface area is 122 Å². The van der Waals surface area contributed by atoms with Crippen molar-refractivity contribution in [1.29, 1.82) is 0 Å². The molecule has 2 aromatic rings. The van der Waals surface area contributed by atoms with Gasteiger partial charge in [-0.2, -0.15) is 15.6 Å². The second-order valence-corrected chi connectivity index (χ2v) is 7.67. The van der Waals surface area contributed by atoms with E-state index in [2.05, 4.69) is 5.16 Å². The van der Waals surface area contributed by atoms with Gasteiger partial charge in [0.15, 0.2) is 5.76 Å². The molecule has 0 spiro atoms. The van der Waals surface area contributed by atoms with Crippen LogP contribution in [-0.2, 0) is 16.6 Å². The topological polar surface area (TPSA) is 63.4 Å². The molecular formula is C13H16N2O3S2. The van der Waals surface area contributed by atoms with Crippen LogP contribution in [0.3, 0.4) is 0 Å². The third-order valence-corrected chi connectivity index (χ3v) is 6.28. The average Bonchev–Trinajstić information content (AvgIpc) is 2.97. The summed E-state index contributed by atoms with van der Waals surface area (Å²) in [5, 5.41) is 7.71. The van der Waals surface area contributed by atoms with Crippen molar-refractivity contribution in [2.45, 2.75) is 44.2 Å². The van der Waals surface area contributed by atoms with Gasteiger partial charge in [0.1, 0.15) is 10.6 Å². The van der Waals surface area contributed by atoms with Gasteiger partial charge in [-0.3, -0.25) is 0 Å². The van der Waals surface area contributed by atoms with Crippen LogP contribution in [0.25, 0.3) is 0 Å². The minimum Gasteiger partial charge on any atom is -0.360 e. The van der Waals surface area contributed by atoms with Crippen molar-refractivity contribution in [1.82, 2.24) is 9.46 Å². The summed E-state index contributed by atoms with van der Waals surface area (Å²) in [5.41, 5.74) is 1.45. The van der Waals surface area contributed by atoms with Crippen LogP contribution >= 0.6 is 11.3 Å². The molecule has 108 valence electrons. The highest BCUT2D eigenvalue weighted by molar-refractivity contribution is 7.89. The highest BCUT2D eigenvalue weighted by atomic mass is 32.2. The first-order valence-corrected chi connectivity index (χ1v) is 8.84. The third-order valence-electron chi connectivity index (χ3n) is 3.41. The summed E-state index contributed by atoms with van der Waals surface area (Å²) < 4.78 is 32.3. The van der Waals surface area contributed by atoms with Crippen molar-refractivity contribution >= 4 is 21.4 Å². The number of aromatic nitrogens is 1. The van der Waals surface area contributed by atoms with Gasteiger partial charge in [0.05, 0.1) is 0 Å². The summed E-state index contributed by atoms with van der Waals surface area (Å²) in [4.78, 5) is 0.222. The molecule has 7 heteroatoms. The van der Waals surface area contributed by atoms with E-state index in [-0.39, 0.29) is 10.9 Å². The van der Waals surface area contributed by atoms with Crippen LogP contribution in [0.4, 0.5) is 0 Å². The van der Waals surface area contributed by atoms with E-state index in [4.69, 9.17) is 4.52 Å². The summed E-state index contributed by atoms with van der Waals surface area (Å²) in [5.74, 6) is 0.360. The Kier molecular flexibility index (Phi) is 3.43. The summed E-state index contributed by atoms with van der Waals surface area (Å²) >= 11 is 1.58. The number of sulfonamides is 1. The van der Waals surface area contributed by atoms with E-state index in [1.807, 2.05) is 16.8 Å². The van der Waals surface area contributed by atoms with Gasteiger partial charge in [-0.25, -0.2) is 8.42 Å². The molecule has 1 aliphatic carbocycles. The molecule has 0 atom stereocenters. The quantitative estimate of drug-likeness (QED) is 0.851. The summed E-state index contributed by atoms with van der Waals surface area (Å²) in [7, 11) is -3.55. The van der Waals surface area contributed by atoms with Crippen molar-refractivity contribution in [3.8, 4) is 0 Å². The van der Waals surface area contributed by atoms with Crippen LogP contribution in [0.15, 0.2) is 26.2 Å². The van der Waals surface area contributed by atoms with Crippen molar-refractivity contribution in [3.63, 3.8) is 0 Å². The first-order valence-electron chi connectivity index (χ1n) is 6.46. The normalized spacial score (nSPS) is 15.9. The maximum absolute atomic E-state index is 12.9. The van der Waals surface area contributed by atoms with Gasteiger partial charge in [0.2, 0.25) is 10.0 Å². The van der Waals surface area contributed by atoms with Gasteiger partial charge in [0, 0.05) is 12.6 Å². The highest BCUT2D eigenvalue weighted by Crippen LogP contribution is 2.35. The minimum absolute atomic E-state index is 0.105. The zero-order valence-corrected chi connectivity index (χ0v) is 13.0. The van der Waals surface area contributed by atoms with Crippen LogP contribution in [0, 0.1) is 13.8 Å². The Bertz CT molecular complexity index is 681. The van der Waals surface area contributed by atoms with Crippen molar-refractivity contribution < 1.29 is 12.9 Å². The highest BCUT2D eigenvalue weighted by Gasteiger charge is 2.40. The van der Waals surface area contributed by atoms with Gasteiger partial charge >= 0.3 is 0 Å². The van der Waals surface area contributed by atoms with Crippen molar-refractivity contribution in [3.05, 3.63) is 33.8 Å². The molecule has 1 aliphatic rings. The van der Waals surface area contributed by atoms with Crippen molar-refractivity contribution in [2.24, 2.45) is 0 Å². The largest absolute Gasteiger partial charge is 0.360 e. The van der Waals surface area contributed by atoms with E-state index < -0.39 is 10.0 Å². The number of hydrogen-bond acceptors (Lipinski definition) is 5. The lowest BCUT2D eigenvalue weighted by molar-refractivity contribution is 0.384. The maximum atomic E-state index is 12.9. The molecule has 0 radical (unpaired) electrons. The van der Waals surface area contributed by atoms with Gasteiger partial charge in [-0.15, -0.1) is 0 Å². The molecule has 2 heterocycles. The molecule has 0 aromatic carbocycles. The Balaban J connectivity index is 1.98. The van der Waals surface area contributed by atoms with E-state index in [9.17, 15) is 8.42 Å². The molecule has 5 nitrogen and oxygen atoms in total. The van der Waals surface area contributed by atoms with Gasteiger partial charge in [-0.1, -0.05) is 5.16 Å². The average molecular weight is 312 g/mol. The summed E-state index contributed by atoms with van der Waals surface area (Å²) in [6.07, 6.45) is 1.85. The van der Waals surface area contributed by atoms with Crippen LogP contribution < -0.4 is 0 Å². The van der Waals surface area contributed by atoms with Crippen LogP contribution in [-0.4, -0.2) is 23.9 Å². The van der Waals surface area contributed by atoms with Gasteiger partial charge in [-0.05, 0) is 49.1 Å². The van der Waals surface area contributed by atoms with Gasteiger partial charge in [0.25, 0.3) is 0 Å². The molecule has 0 aliphatic heterocycles. The molecule has 3 rings (SSSR count). The number of nitrogens with zero attached hydrogens (tertiary/aromatic N) is 2. The smallest absolute Gasteiger partial charge is 0.249 e. The number of aryl methyl sites for hydroxylation is 2. The maximum Gasteiger partial charge on any atom is 0.249 e. The monoisotopic (exact) mass is 312 g/mol. The molecule has 0 unspecified atom stereocenters. The Morgan fingerprint density at radius 3 is 2.70 bits per heavy atom. The van der Waals surface area contributed by atoms with Crippen LogP contribution in [0.2, 0.25) is 0 Å². The van der Waals surface area contributed by atoms with E-state index >= 15 is 0 Å². The van der Waals surface area contributed by atoms with Gasteiger partial charge < -0.3 is 4.52 Å². The number of thiophene rings is 1. The number of rotatable bonds is 5. The second kappa shape index (κ2) is 4.98. The molecule has 0 bridgehead atoms. The zero-order valence-electron chi connectivity index (χ0n) is 11.4. The summed E-state index contributed by atoms with van der Waals surface area (Å²) in [6.45, 7) is 3.72. The molecule has 1 saturated carbocycles. The lowest BCUT2D eigenvalue weighted by Gasteiger charge is -2.21. The molecule has 0 N–H and O–H groups in total. The zero-order chi connectivity index (χ0) is 14.3. The minimum atomic E-state index is -3.55. The predicted octanol–water partition coefficient (Wildman–Crippen LogP) is 2.71. The van der Waals surface area contributed by atoms with E-state index in [0.717, 1.165) is 18.4 Å². The first kappa shape index (κ1) is 13.8. The Hall–Kier alpha value is -1.18. The summed E-state index contributed by atoms with van der Waals surface area (Å²) in [6, 6.07) is 2.07. The molecule has 0 saturated heterocycles. The lowest BCUT2D eigenvalue weighted by Crippen LogP contribution is -2.33. The molecule has 20 heavy (non-hydrogen) atoms. The fraction of sp³-hybridized carbons (Fsp3) is 0.462. The molecule has 2 aromatic heterocycles. The fourth-order valence-corrected chi connectivity index (χ4v) is 4.92.